The van der Waals surface area contributed by atoms with Crippen LogP contribution in [0.4, 0.5) is 0 Å². The Balaban J connectivity index is 1.64. The number of piperidine rings is 1. The average molecular weight is 211 g/mol. The van der Waals surface area contributed by atoms with Gasteiger partial charge in [-0.3, -0.25) is 0 Å². The molecule has 0 amide bonds. The summed E-state index contributed by atoms with van der Waals surface area (Å²) >= 11 is 0. The molecule has 1 saturated carbocycles. The molecule has 3 heteroatoms. The van der Waals surface area contributed by atoms with Crippen LogP contribution in [0.1, 0.15) is 32.1 Å². The number of hydrogen-bond acceptors (Lipinski definition) is 3. The predicted molar refractivity (Wildman–Crippen MR) is 63.8 cm³/mol. The smallest absolute Gasteiger partial charge is 0.00824 e. The molecule has 0 bridgehead atoms. The average Bonchev–Trinajstić information content (AvgIpc) is 2.62. The molecule has 0 aromatic rings. The highest BCUT2D eigenvalue weighted by Crippen LogP contribution is 2.19. The Morgan fingerprint density at radius 1 is 1.33 bits per heavy atom. The van der Waals surface area contributed by atoms with E-state index < -0.39 is 0 Å². The predicted octanol–water partition coefficient (Wildman–Crippen LogP) is 0.798. The van der Waals surface area contributed by atoms with Gasteiger partial charge in [0.1, 0.15) is 0 Å². The zero-order valence-corrected chi connectivity index (χ0v) is 9.91. The van der Waals surface area contributed by atoms with Gasteiger partial charge in [0.25, 0.3) is 0 Å². The molecule has 2 aliphatic rings. The van der Waals surface area contributed by atoms with Gasteiger partial charge in [-0.25, -0.2) is 0 Å². The van der Waals surface area contributed by atoms with Gasteiger partial charge in [0.15, 0.2) is 0 Å². The molecule has 3 atom stereocenters. The molecule has 1 aliphatic carbocycles. The van der Waals surface area contributed by atoms with Crippen molar-refractivity contribution in [3.8, 4) is 0 Å². The van der Waals surface area contributed by atoms with E-state index in [4.69, 9.17) is 5.73 Å². The largest absolute Gasteiger partial charge is 0.328 e. The van der Waals surface area contributed by atoms with Gasteiger partial charge < -0.3 is 16.0 Å². The molecule has 0 spiro atoms. The fourth-order valence-electron chi connectivity index (χ4n) is 2.97. The number of rotatable bonds is 3. The topological polar surface area (TPSA) is 41.3 Å². The van der Waals surface area contributed by atoms with Crippen LogP contribution in [0.2, 0.25) is 0 Å². The van der Waals surface area contributed by atoms with Gasteiger partial charge in [-0.15, -0.1) is 0 Å². The third kappa shape index (κ3) is 3.44. The Bertz CT molecular complexity index is 195. The molecular weight excluding hydrogens is 186 g/mol. The lowest BCUT2D eigenvalue weighted by Crippen LogP contribution is -2.40. The normalized spacial score (nSPS) is 38.4. The summed E-state index contributed by atoms with van der Waals surface area (Å²) in [6, 6.07) is 1.16. The molecule has 3 unspecified atom stereocenters. The lowest BCUT2D eigenvalue weighted by Gasteiger charge is -2.30. The molecule has 2 fully saturated rings. The molecule has 0 radical (unpaired) electrons. The molecule has 0 aromatic carbocycles. The van der Waals surface area contributed by atoms with Crippen LogP contribution >= 0.6 is 0 Å². The van der Waals surface area contributed by atoms with E-state index in [2.05, 4.69) is 17.3 Å². The van der Waals surface area contributed by atoms with Crippen LogP contribution in [0, 0.1) is 5.92 Å². The quantitative estimate of drug-likeness (QED) is 0.725. The number of nitrogens with one attached hydrogen (secondary N) is 1. The standard InChI is InChI=1S/C12H25N3/c1-15-6-2-3-10(9-15)8-14-12-5-4-11(13)7-12/h10-12,14H,2-9,13H2,1H3. The van der Waals surface area contributed by atoms with E-state index in [0.717, 1.165) is 5.92 Å². The van der Waals surface area contributed by atoms with Crippen molar-refractivity contribution in [1.82, 2.24) is 10.2 Å². The summed E-state index contributed by atoms with van der Waals surface area (Å²) in [5, 5.41) is 3.70. The zero-order valence-electron chi connectivity index (χ0n) is 9.91. The zero-order chi connectivity index (χ0) is 10.7. The molecule has 3 nitrogen and oxygen atoms in total. The first-order valence-electron chi connectivity index (χ1n) is 6.41. The Hall–Kier alpha value is -0.120. The molecule has 0 aromatic heterocycles. The third-order valence-electron chi connectivity index (χ3n) is 3.89. The number of nitrogens with zero attached hydrogens (tertiary/aromatic N) is 1. The molecule has 15 heavy (non-hydrogen) atoms. The second kappa shape index (κ2) is 5.28. The Labute approximate surface area is 93.4 Å². The first-order chi connectivity index (χ1) is 7.24. The number of hydrogen-bond donors (Lipinski definition) is 2. The van der Waals surface area contributed by atoms with Crippen molar-refractivity contribution in [2.24, 2.45) is 11.7 Å². The minimum atomic E-state index is 0.455. The van der Waals surface area contributed by atoms with Crippen molar-refractivity contribution in [1.29, 1.82) is 0 Å². The lowest BCUT2D eigenvalue weighted by molar-refractivity contribution is 0.202. The molecule has 3 N–H and O–H groups in total. The summed E-state index contributed by atoms with van der Waals surface area (Å²) < 4.78 is 0. The number of nitrogens with two attached hydrogens (primary N) is 1. The van der Waals surface area contributed by atoms with Gasteiger partial charge >= 0.3 is 0 Å². The molecule has 1 heterocycles. The maximum absolute atomic E-state index is 5.91. The van der Waals surface area contributed by atoms with E-state index in [1.54, 1.807) is 0 Å². The fourth-order valence-corrected chi connectivity index (χ4v) is 2.97. The van der Waals surface area contributed by atoms with Crippen LogP contribution in [0.3, 0.4) is 0 Å². The molecular formula is C12H25N3. The minimum absolute atomic E-state index is 0.455. The summed E-state index contributed by atoms with van der Waals surface area (Å²) in [6.07, 6.45) is 6.44. The fraction of sp³-hybridized carbons (Fsp3) is 1.00. The van der Waals surface area contributed by atoms with E-state index in [9.17, 15) is 0 Å². The summed E-state index contributed by atoms with van der Waals surface area (Å²) in [5.74, 6) is 0.862. The van der Waals surface area contributed by atoms with E-state index in [1.165, 1.54) is 51.7 Å². The van der Waals surface area contributed by atoms with E-state index in [-0.39, 0.29) is 0 Å². The van der Waals surface area contributed by atoms with E-state index in [0.29, 0.717) is 12.1 Å². The Morgan fingerprint density at radius 3 is 2.87 bits per heavy atom. The van der Waals surface area contributed by atoms with Crippen LogP contribution in [0.25, 0.3) is 0 Å². The van der Waals surface area contributed by atoms with Crippen LogP contribution in [-0.4, -0.2) is 43.7 Å². The van der Waals surface area contributed by atoms with Gasteiger partial charge in [0.2, 0.25) is 0 Å². The van der Waals surface area contributed by atoms with Crippen molar-refractivity contribution < 1.29 is 0 Å². The highest BCUT2D eigenvalue weighted by molar-refractivity contribution is 4.84. The van der Waals surface area contributed by atoms with Crippen molar-refractivity contribution in [3.63, 3.8) is 0 Å². The van der Waals surface area contributed by atoms with Gasteiger partial charge in [-0.2, -0.15) is 0 Å². The maximum atomic E-state index is 5.91. The highest BCUT2D eigenvalue weighted by Gasteiger charge is 2.23. The maximum Gasteiger partial charge on any atom is 0.00824 e. The van der Waals surface area contributed by atoms with Gasteiger partial charge in [-0.05, 0) is 58.2 Å². The second-order valence-corrected chi connectivity index (χ2v) is 5.45. The van der Waals surface area contributed by atoms with Crippen LogP contribution in [-0.2, 0) is 0 Å². The highest BCUT2D eigenvalue weighted by atomic mass is 15.1. The first kappa shape index (κ1) is 11.4. The van der Waals surface area contributed by atoms with Crippen molar-refractivity contribution in [3.05, 3.63) is 0 Å². The van der Waals surface area contributed by atoms with E-state index in [1.807, 2.05) is 0 Å². The summed E-state index contributed by atoms with van der Waals surface area (Å²) in [4.78, 5) is 2.45. The summed E-state index contributed by atoms with van der Waals surface area (Å²) in [5.41, 5.74) is 5.91. The van der Waals surface area contributed by atoms with Crippen molar-refractivity contribution >= 4 is 0 Å². The Morgan fingerprint density at radius 2 is 2.20 bits per heavy atom. The molecule has 88 valence electrons. The monoisotopic (exact) mass is 211 g/mol. The second-order valence-electron chi connectivity index (χ2n) is 5.45. The van der Waals surface area contributed by atoms with Gasteiger partial charge in [0.05, 0.1) is 0 Å². The third-order valence-corrected chi connectivity index (χ3v) is 3.89. The number of likely N-dealkylation sites (tertiary alicyclic amines) is 1. The van der Waals surface area contributed by atoms with Crippen LogP contribution in [0.5, 0.6) is 0 Å². The minimum Gasteiger partial charge on any atom is -0.328 e. The van der Waals surface area contributed by atoms with Crippen LogP contribution in [0.15, 0.2) is 0 Å². The van der Waals surface area contributed by atoms with Crippen molar-refractivity contribution in [2.45, 2.75) is 44.2 Å². The summed E-state index contributed by atoms with van der Waals surface area (Å²) in [7, 11) is 2.23. The Kier molecular flexibility index (Phi) is 4.00. The van der Waals surface area contributed by atoms with Gasteiger partial charge in [0, 0.05) is 18.6 Å². The summed E-state index contributed by atoms with van der Waals surface area (Å²) in [6.45, 7) is 3.75. The molecule has 1 saturated heterocycles. The van der Waals surface area contributed by atoms with E-state index >= 15 is 0 Å². The SMILES string of the molecule is CN1CCCC(CNC2CCC(N)C2)C1. The van der Waals surface area contributed by atoms with Gasteiger partial charge in [-0.1, -0.05) is 0 Å². The van der Waals surface area contributed by atoms with Crippen LogP contribution < -0.4 is 11.1 Å². The van der Waals surface area contributed by atoms with Crippen molar-refractivity contribution in [2.75, 3.05) is 26.7 Å². The lowest BCUT2D eigenvalue weighted by atomic mass is 9.98. The first-order valence-corrected chi connectivity index (χ1v) is 6.41. The molecule has 1 aliphatic heterocycles. The molecule has 2 rings (SSSR count).